The summed E-state index contributed by atoms with van der Waals surface area (Å²) in [4.78, 5) is 14.3. The van der Waals surface area contributed by atoms with Gasteiger partial charge >= 0.3 is 0 Å². The summed E-state index contributed by atoms with van der Waals surface area (Å²) in [7, 11) is -3.73. The topological polar surface area (TPSA) is 111 Å². The van der Waals surface area contributed by atoms with Gasteiger partial charge in [0.05, 0.1) is 18.1 Å². The van der Waals surface area contributed by atoms with Crippen LogP contribution in [0.4, 0.5) is 0 Å². The number of benzene rings is 1. The Labute approximate surface area is 172 Å². The van der Waals surface area contributed by atoms with Crippen LogP contribution in [0.15, 0.2) is 23.1 Å². The fourth-order valence-electron chi connectivity index (χ4n) is 3.49. The molecule has 10 heteroatoms. The third-order valence-electron chi connectivity index (χ3n) is 4.98. The number of fused-ring (bicyclic) bond motifs is 1. The summed E-state index contributed by atoms with van der Waals surface area (Å²) in [6.45, 7) is 4.27. The lowest BCUT2D eigenvalue weighted by atomic mass is 10.1. The van der Waals surface area contributed by atoms with Gasteiger partial charge in [-0.05, 0) is 37.9 Å². The van der Waals surface area contributed by atoms with Crippen LogP contribution < -0.4 is 19.9 Å². The zero-order chi connectivity index (χ0) is 19.4. The Morgan fingerprint density at radius 3 is 2.68 bits per heavy atom. The first-order chi connectivity index (χ1) is 12.9. The van der Waals surface area contributed by atoms with Gasteiger partial charge in [-0.25, -0.2) is 13.1 Å². The smallest absolute Gasteiger partial charge is 0.240 e. The van der Waals surface area contributed by atoms with Crippen LogP contribution in [0, 0.1) is 5.92 Å². The number of ether oxygens (including phenoxy) is 2. The van der Waals surface area contributed by atoms with Gasteiger partial charge in [0, 0.05) is 38.0 Å². The van der Waals surface area contributed by atoms with Gasteiger partial charge in [-0.2, -0.15) is 0 Å². The molecule has 3 rings (SSSR count). The van der Waals surface area contributed by atoms with E-state index in [1.165, 1.54) is 12.1 Å². The van der Waals surface area contributed by atoms with Crippen LogP contribution in [0.5, 0.6) is 11.5 Å². The lowest BCUT2D eigenvalue weighted by Gasteiger charge is -2.21. The minimum Gasteiger partial charge on any atom is -0.490 e. The molecule has 2 unspecified atom stereocenters. The van der Waals surface area contributed by atoms with Crippen LogP contribution in [0.25, 0.3) is 0 Å². The molecule has 28 heavy (non-hydrogen) atoms. The molecule has 0 spiro atoms. The molecule has 0 aromatic heterocycles. The molecule has 0 aliphatic carbocycles. The first kappa shape index (κ1) is 22.7. The van der Waals surface area contributed by atoms with Gasteiger partial charge in [0.2, 0.25) is 15.9 Å². The fraction of sp³-hybridized carbons (Fsp3) is 0.611. The Morgan fingerprint density at radius 2 is 2.00 bits per heavy atom. The average Bonchev–Trinajstić information content (AvgIpc) is 2.87. The standard InChI is InChI=1S/C18H27N3O5S.ClH/c1-13-9-14(11-19)12-21(13)18(22)5-6-20-27(23,24)15-3-4-16-17(10-15)26-8-2-7-25-16;/h3-4,10,13-14,20H,2,5-9,11-12,19H2,1H3;1H. The van der Waals surface area contributed by atoms with Crippen LogP contribution in [0.2, 0.25) is 0 Å². The predicted octanol–water partition coefficient (Wildman–Crippen LogP) is 1.13. The van der Waals surface area contributed by atoms with Crippen molar-refractivity contribution >= 4 is 28.3 Å². The molecule has 2 aliphatic heterocycles. The van der Waals surface area contributed by atoms with E-state index in [4.69, 9.17) is 15.2 Å². The Bertz CT molecular complexity index is 789. The van der Waals surface area contributed by atoms with Gasteiger partial charge in [0.25, 0.3) is 0 Å². The number of rotatable bonds is 6. The van der Waals surface area contributed by atoms with Crippen LogP contribution in [0.3, 0.4) is 0 Å². The highest BCUT2D eigenvalue weighted by atomic mass is 35.5. The Hall–Kier alpha value is -1.55. The van der Waals surface area contributed by atoms with Crippen molar-refractivity contribution in [2.24, 2.45) is 11.7 Å². The second-order valence-corrected chi connectivity index (χ2v) is 8.81. The number of nitrogens with zero attached hydrogens (tertiary/aromatic N) is 1. The lowest BCUT2D eigenvalue weighted by Crippen LogP contribution is -2.37. The van der Waals surface area contributed by atoms with Crippen molar-refractivity contribution in [2.75, 3.05) is 32.8 Å². The van der Waals surface area contributed by atoms with E-state index in [1.54, 1.807) is 11.0 Å². The van der Waals surface area contributed by atoms with E-state index in [-0.39, 0.29) is 42.2 Å². The molecule has 1 fully saturated rings. The summed E-state index contributed by atoms with van der Waals surface area (Å²) in [5.41, 5.74) is 5.69. The summed E-state index contributed by atoms with van der Waals surface area (Å²) < 4.78 is 38.6. The largest absolute Gasteiger partial charge is 0.490 e. The predicted molar refractivity (Wildman–Crippen MR) is 107 cm³/mol. The van der Waals surface area contributed by atoms with Crippen LogP contribution in [0.1, 0.15) is 26.2 Å². The summed E-state index contributed by atoms with van der Waals surface area (Å²) >= 11 is 0. The van der Waals surface area contributed by atoms with E-state index in [0.717, 1.165) is 12.8 Å². The number of likely N-dealkylation sites (tertiary alicyclic amines) is 1. The number of carbonyl (C=O) groups excluding carboxylic acids is 1. The molecule has 2 aliphatic rings. The molecule has 0 radical (unpaired) electrons. The highest BCUT2D eigenvalue weighted by Gasteiger charge is 2.31. The monoisotopic (exact) mass is 433 g/mol. The van der Waals surface area contributed by atoms with E-state index >= 15 is 0 Å². The number of nitrogens with one attached hydrogen (secondary N) is 1. The van der Waals surface area contributed by atoms with Crippen LogP contribution >= 0.6 is 12.4 Å². The van der Waals surface area contributed by atoms with Crippen molar-refractivity contribution in [3.63, 3.8) is 0 Å². The summed E-state index contributed by atoms with van der Waals surface area (Å²) in [6, 6.07) is 4.68. The van der Waals surface area contributed by atoms with Gasteiger partial charge < -0.3 is 20.1 Å². The second-order valence-electron chi connectivity index (χ2n) is 7.04. The average molecular weight is 434 g/mol. The highest BCUT2D eigenvalue weighted by molar-refractivity contribution is 7.89. The van der Waals surface area contributed by atoms with Gasteiger partial charge in [-0.15, -0.1) is 12.4 Å². The van der Waals surface area contributed by atoms with E-state index in [2.05, 4.69) is 4.72 Å². The zero-order valence-electron chi connectivity index (χ0n) is 15.9. The molecule has 8 nitrogen and oxygen atoms in total. The molecule has 0 saturated carbocycles. The second kappa shape index (κ2) is 9.78. The number of hydrogen-bond acceptors (Lipinski definition) is 6. The number of halogens is 1. The van der Waals surface area contributed by atoms with E-state index in [9.17, 15) is 13.2 Å². The SMILES string of the molecule is CC1CC(CN)CN1C(=O)CCNS(=O)(=O)c1ccc2c(c1)OCCCO2.Cl. The zero-order valence-corrected chi connectivity index (χ0v) is 17.6. The molecule has 2 atom stereocenters. The van der Waals surface area contributed by atoms with E-state index < -0.39 is 10.0 Å². The molecule has 0 bridgehead atoms. The number of hydrogen-bond donors (Lipinski definition) is 2. The number of nitrogens with two attached hydrogens (primary N) is 1. The summed E-state index contributed by atoms with van der Waals surface area (Å²) in [6.07, 6.45) is 1.76. The van der Waals surface area contributed by atoms with Crippen molar-refractivity contribution in [3.8, 4) is 11.5 Å². The van der Waals surface area contributed by atoms with Crippen molar-refractivity contribution in [3.05, 3.63) is 18.2 Å². The Morgan fingerprint density at radius 1 is 1.29 bits per heavy atom. The quantitative estimate of drug-likeness (QED) is 0.695. The third-order valence-corrected chi connectivity index (χ3v) is 6.43. The van der Waals surface area contributed by atoms with Gasteiger partial charge in [-0.3, -0.25) is 4.79 Å². The minimum atomic E-state index is -3.73. The number of sulfonamides is 1. The van der Waals surface area contributed by atoms with Crippen molar-refractivity contribution in [1.29, 1.82) is 0 Å². The third kappa shape index (κ3) is 5.28. The fourth-order valence-corrected chi connectivity index (χ4v) is 4.54. The summed E-state index contributed by atoms with van der Waals surface area (Å²) in [5.74, 6) is 1.23. The van der Waals surface area contributed by atoms with E-state index in [0.29, 0.717) is 43.7 Å². The molecule has 1 saturated heterocycles. The van der Waals surface area contributed by atoms with Crippen molar-refractivity contribution < 1.29 is 22.7 Å². The Balaban J connectivity index is 0.00000280. The van der Waals surface area contributed by atoms with Crippen LogP contribution in [-0.2, 0) is 14.8 Å². The van der Waals surface area contributed by atoms with Crippen molar-refractivity contribution in [1.82, 2.24) is 9.62 Å². The maximum absolute atomic E-state index is 12.5. The number of carbonyl (C=O) groups is 1. The molecule has 3 N–H and O–H groups in total. The van der Waals surface area contributed by atoms with Crippen LogP contribution in [-0.4, -0.2) is 58.1 Å². The first-order valence-corrected chi connectivity index (χ1v) is 10.8. The summed E-state index contributed by atoms with van der Waals surface area (Å²) in [5, 5.41) is 0. The highest BCUT2D eigenvalue weighted by Crippen LogP contribution is 2.31. The first-order valence-electron chi connectivity index (χ1n) is 9.29. The lowest BCUT2D eigenvalue weighted by molar-refractivity contribution is -0.131. The molecular formula is C18H28ClN3O5S. The van der Waals surface area contributed by atoms with Gasteiger partial charge in [0.15, 0.2) is 11.5 Å². The normalized spacial score (nSPS) is 21.7. The van der Waals surface area contributed by atoms with Crippen molar-refractivity contribution in [2.45, 2.75) is 37.1 Å². The van der Waals surface area contributed by atoms with Gasteiger partial charge in [-0.1, -0.05) is 0 Å². The molecule has 1 aromatic rings. The molecule has 1 amide bonds. The molecular weight excluding hydrogens is 406 g/mol. The maximum Gasteiger partial charge on any atom is 0.240 e. The van der Waals surface area contributed by atoms with E-state index in [1.807, 2.05) is 6.92 Å². The number of amides is 1. The Kier molecular flexibility index (Phi) is 7.94. The van der Waals surface area contributed by atoms with Gasteiger partial charge in [0.1, 0.15) is 0 Å². The molecule has 2 heterocycles. The minimum absolute atomic E-state index is 0. The maximum atomic E-state index is 12.5. The molecule has 158 valence electrons. The molecule has 1 aromatic carbocycles.